The van der Waals surface area contributed by atoms with Gasteiger partial charge < -0.3 is 10.3 Å². The van der Waals surface area contributed by atoms with Crippen molar-refractivity contribution in [1.29, 1.82) is 0 Å². The summed E-state index contributed by atoms with van der Waals surface area (Å²) in [5.41, 5.74) is 7.55. The van der Waals surface area contributed by atoms with E-state index in [2.05, 4.69) is 40.9 Å². The van der Waals surface area contributed by atoms with Gasteiger partial charge in [0.15, 0.2) is 17.5 Å². The summed E-state index contributed by atoms with van der Waals surface area (Å²) < 4.78 is 0. The Kier molecular flexibility index (Phi) is 5.05. The molecule has 7 heteroatoms. The number of aryl methyl sites for hydroxylation is 1. The van der Waals surface area contributed by atoms with E-state index in [1.807, 2.05) is 84.9 Å². The minimum atomic E-state index is 0.599. The molecular weight excluding hydrogens is 506 g/mol. The van der Waals surface area contributed by atoms with Crippen molar-refractivity contribution in [2.45, 2.75) is 6.92 Å². The van der Waals surface area contributed by atoms with Crippen LogP contribution in [0.2, 0.25) is 0 Å². The fourth-order valence-electron chi connectivity index (χ4n) is 5.58. The topological polar surface area (TPSA) is 89.6 Å². The van der Waals surface area contributed by atoms with Crippen LogP contribution >= 0.6 is 0 Å². The molecule has 0 atom stereocenters. The lowest BCUT2D eigenvalue weighted by atomic mass is 10.1. The molecule has 1 aromatic heterocycles. The molecule has 4 aromatic carbocycles. The zero-order valence-electron chi connectivity index (χ0n) is 22.2. The highest BCUT2D eigenvalue weighted by Gasteiger charge is 2.28. The number of aromatic nitrogens is 1. The molecule has 8 rings (SSSR count). The van der Waals surface area contributed by atoms with Gasteiger partial charge >= 0.3 is 0 Å². The quantitative estimate of drug-likeness (QED) is 0.254. The highest BCUT2D eigenvalue weighted by atomic mass is 15.1. The first-order valence-electron chi connectivity index (χ1n) is 13.4. The molecule has 2 N–H and O–H groups in total. The van der Waals surface area contributed by atoms with Crippen LogP contribution in [-0.2, 0) is 0 Å². The zero-order valence-corrected chi connectivity index (χ0v) is 22.2. The van der Waals surface area contributed by atoms with Gasteiger partial charge in [0.05, 0.1) is 5.70 Å². The third kappa shape index (κ3) is 3.71. The summed E-state index contributed by atoms with van der Waals surface area (Å²) in [7, 11) is 0. The monoisotopic (exact) mass is 529 g/mol. The van der Waals surface area contributed by atoms with Gasteiger partial charge in [-0.1, -0.05) is 104 Å². The number of fused-ring (bicyclic) bond motifs is 4. The highest BCUT2D eigenvalue weighted by molar-refractivity contribution is 6.32. The Balaban J connectivity index is 1.22. The van der Waals surface area contributed by atoms with E-state index in [0.717, 1.165) is 55.7 Å². The first kappa shape index (κ1) is 23.2. The summed E-state index contributed by atoms with van der Waals surface area (Å²) in [6.07, 6.45) is 0. The lowest BCUT2D eigenvalue weighted by Crippen LogP contribution is -2.24. The van der Waals surface area contributed by atoms with Gasteiger partial charge in [0, 0.05) is 49.8 Å². The largest absolute Gasteiger partial charge is 0.343 e. The van der Waals surface area contributed by atoms with Crippen molar-refractivity contribution in [3.05, 3.63) is 143 Å². The number of amidine groups is 5. The molecule has 0 fully saturated rings. The molecule has 0 unspecified atom stereocenters. The van der Waals surface area contributed by atoms with Crippen molar-refractivity contribution in [3.8, 4) is 0 Å². The molecule has 0 saturated carbocycles. The maximum atomic E-state index is 5.03. The van der Waals surface area contributed by atoms with Gasteiger partial charge in [0.1, 0.15) is 17.5 Å². The Bertz CT molecular complexity index is 2100. The van der Waals surface area contributed by atoms with E-state index < -0.39 is 0 Å². The van der Waals surface area contributed by atoms with E-state index in [9.17, 15) is 0 Å². The molecule has 5 aromatic rings. The van der Waals surface area contributed by atoms with Gasteiger partial charge in [-0.25, -0.2) is 25.0 Å². The van der Waals surface area contributed by atoms with E-state index in [-0.39, 0.29) is 0 Å². The van der Waals surface area contributed by atoms with Crippen LogP contribution in [0.4, 0.5) is 5.82 Å². The molecule has 0 spiro atoms. The van der Waals surface area contributed by atoms with E-state index in [1.165, 1.54) is 0 Å². The van der Waals surface area contributed by atoms with Crippen LogP contribution in [-0.4, -0.2) is 34.2 Å². The van der Waals surface area contributed by atoms with Crippen LogP contribution < -0.4 is 5.32 Å². The lowest BCUT2D eigenvalue weighted by molar-refractivity contribution is 1.25. The van der Waals surface area contributed by atoms with Crippen LogP contribution in [0.15, 0.2) is 129 Å². The predicted molar refractivity (Wildman–Crippen MR) is 167 cm³/mol. The highest BCUT2D eigenvalue weighted by Crippen LogP contribution is 2.31. The summed E-state index contributed by atoms with van der Waals surface area (Å²) in [4.78, 5) is 27.9. The molecule has 0 aliphatic carbocycles. The number of rotatable bonds is 1. The van der Waals surface area contributed by atoms with Crippen LogP contribution in [0.1, 0.15) is 39.1 Å². The van der Waals surface area contributed by atoms with E-state index in [1.54, 1.807) is 0 Å². The molecule has 194 valence electrons. The molecule has 0 bridgehead atoms. The number of hydrogen-bond acceptors (Lipinski definition) is 4. The molecule has 3 aliphatic heterocycles. The molecule has 3 aliphatic rings. The summed E-state index contributed by atoms with van der Waals surface area (Å²) in [6, 6.07) is 32.4. The van der Waals surface area contributed by atoms with Crippen molar-refractivity contribution in [2.75, 3.05) is 0 Å². The maximum Gasteiger partial charge on any atom is 0.164 e. The second-order valence-electron chi connectivity index (χ2n) is 10.1. The molecule has 0 radical (unpaired) electrons. The van der Waals surface area contributed by atoms with Gasteiger partial charge in [0.2, 0.25) is 0 Å². The molecule has 0 saturated heterocycles. The third-order valence-corrected chi connectivity index (χ3v) is 7.56. The molecular formula is C34H23N7. The standard InChI is InChI=1S/C34H23N7/c1-19-21-11-3-5-13-23(21)29(35-19)37-31-25-15-7-9-17-27(25)33(39-31)41-34-28-18-10-8-16-26(28)32(40-34)38-30-24-14-6-4-12-22(24)20(2)36-30/h3-18,36H,1H2,2H3,(H,35,37,38,39,40,41). The van der Waals surface area contributed by atoms with Crippen molar-refractivity contribution >= 4 is 51.5 Å². The first-order valence-corrected chi connectivity index (χ1v) is 13.4. The number of aliphatic imine (C=N–C) groups is 5. The number of aromatic amines is 1. The van der Waals surface area contributed by atoms with Gasteiger partial charge in [-0.15, -0.1) is 0 Å². The second-order valence-corrected chi connectivity index (χ2v) is 10.1. The van der Waals surface area contributed by atoms with Gasteiger partial charge in [-0.3, -0.25) is 0 Å². The van der Waals surface area contributed by atoms with Crippen molar-refractivity contribution < 1.29 is 0 Å². The number of H-pyrrole nitrogens is 1. The van der Waals surface area contributed by atoms with Crippen LogP contribution in [0.5, 0.6) is 0 Å². The minimum absolute atomic E-state index is 0.599. The molecule has 0 amide bonds. The zero-order chi connectivity index (χ0) is 27.5. The Morgan fingerprint density at radius 2 is 1.07 bits per heavy atom. The Morgan fingerprint density at radius 1 is 0.561 bits per heavy atom. The average molecular weight is 530 g/mol. The van der Waals surface area contributed by atoms with Crippen molar-refractivity contribution in [2.24, 2.45) is 25.0 Å². The Hall–Kier alpha value is -5.69. The molecule has 4 heterocycles. The van der Waals surface area contributed by atoms with E-state index in [0.29, 0.717) is 34.9 Å². The maximum absolute atomic E-state index is 5.03. The normalized spacial score (nSPS) is 18.1. The number of hydrogen-bond donors (Lipinski definition) is 2. The summed E-state index contributed by atoms with van der Waals surface area (Å²) in [5.74, 6) is 4.02. The minimum Gasteiger partial charge on any atom is -0.343 e. The SMILES string of the molecule is C=C1N=C(N=C2NC(=NC3=N/C(=N\c4[nH]c(C)c5ccccc45)c4ccccc43)c3ccccc32)c2ccccc21. The fourth-order valence-corrected chi connectivity index (χ4v) is 5.58. The van der Waals surface area contributed by atoms with Crippen LogP contribution in [0.25, 0.3) is 16.5 Å². The van der Waals surface area contributed by atoms with Crippen LogP contribution in [0.3, 0.4) is 0 Å². The Labute approximate surface area is 236 Å². The fraction of sp³-hybridized carbons (Fsp3) is 0.0294. The summed E-state index contributed by atoms with van der Waals surface area (Å²) in [5, 5.41) is 5.66. The number of nitrogens with one attached hydrogen (secondary N) is 2. The van der Waals surface area contributed by atoms with E-state index in [4.69, 9.17) is 20.0 Å². The second kappa shape index (κ2) is 8.93. The van der Waals surface area contributed by atoms with Crippen LogP contribution in [0, 0.1) is 6.92 Å². The van der Waals surface area contributed by atoms with Crippen molar-refractivity contribution in [1.82, 2.24) is 10.3 Å². The van der Waals surface area contributed by atoms with E-state index >= 15 is 0 Å². The Morgan fingerprint density at radius 3 is 1.76 bits per heavy atom. The lowest BCUT2D eigenvalue weighted by Gasteiger charge is -2.02. The first-order chi connectivity index (χ1) is 20.1. The van der Waals surface area contributed by atoms with Gasteiger partial charge in [-0.2, -0.15) is 0 Å². The van der Waals surface area contributed by atoms with Gasteiger partial charge in [-0.05, 0) is 6.92 Å². The molecule has 41 heavy (non-hydrogen) atoms. The summed E-state index contributed by atoms with van der Waals surface area (Å²) >= 11 is 0. The number of benzene rings is 4. The van der Waals surface area contributed by atoms with Crippen molar-refractivity contribution in [3.63, 3.8) is 0 Å². The predicted octanol–water partition coefficient (Wildman–Crippen LogP) is 6.54. The average Bonchev–Trinajstić information content (AvgIpc) is 3.73. The molecule has 7 nitrogen and oxygen atoms in total. The summed E-state index contributed by atoms with van der Waals surface area (Å²) in [6.45, 7) is 6.15. The van der Waals surface area contributed by atoms with Gasteiger partial charge in [0.25, 0.3) is 0 Å². The number of nitrogens with zero attached hydrogens (tertiary/aromatic N) is 5. The third-order valence-electron chi connectivity index (χ3n) is 7.56. The smallest absolute Gasteiger partial charge is 0.164 e.